The third-order valence-electron chi connectivity index (χ3n) is 7.86. The summed E-state index contributed by atoms with van der Waals surface area (Å²) in [6.45, 7) is -1.89. The van der Waals surface area contributed by atoms with Crippen LogP contribution in [0.4, 0.5) is 22.7 Å². The molecule has 32 heteroatoms. The quantitative estimate of drug-likeness (QED) is 0.0606. The molecule has 0 saturated carbocycles. The number of hydrogen-bond acceptors (Lipinski definition) is 22. The van der Waals surface area contributed by atoms with Crippen molar-refractivity contribution in [2.24, 2.45) is 20.5 Å². The van der Waals surface area contributed by atoms with Crippen LogP contribution in [0.25, 0.3) is 10.8 Å². The van der Waals surface area contributed by atoms with E-state index in [1.807, 2.05) is 0 Å². The van der Waals surface area contributed by atoms with Gasteiger partial charge in [-0.1, -0.05) is 0 Å². The molecule has 0 aromatic heterocycles. The fourth-order valence-electron chi connectivity index (χ4n) is 5.19. The molecular formula is C28H31N5O21S6. The average Bonchev–Trinajstić information content (AvgIpc) is 3.11. The lowest BCUT2D eigenvalue weighted by atomic mass is 10.1. The Balaban J connectivity index is 1.84. The molecule has 1 aliphatic rings. The van der Waals surface area contributed by atoms with E-state index >= 15 is 0 Å². The molecule has 0 amide bonds. The molecule has 4 rings (SSSR count). The van der Waals surface area contributed by atoms with Crippen molar-refractivity contribution in [3.05, 3.63) is 47.0 Å². The van der Waals surface area contributed by atoms with Gasteiger partial charge in [0.25, 0.3) is 20.2 Å². The molecule has 0 unspecified atom stereocenters. The first-order valence-electron chi connectivity index (χ1n) is 15.7. The number of rotatable bonds is 18. The summed E-state index contributed by atoms with van der Waals surface area (Å²) in [6.07, 6.45) is 1.85. The van der Waals surface area contributed by atoms with Gasteiger partial charge in [-0.2, -0.15) is 38.8 Å². The molecule has 0 radical (unpaired) electrons. The van der Waals surface area contributed by atoms with Crippen LogP contribution in [0, 0.1) is 0 Å². The van der Waals surface area contributed by atoms with Gasteiger partial charge in [-0.25, -0.2) is 25.2 Å². The first kappa shape index (κ1) is 47.9. The molecule has 0 aliphatic heterocycles. The lowest BCUT2D eigenvalue weighted by molar-refractivity contribution is 0.282. The van der Waals surface area contributed by atoms with Crippen LogP contribution in [0.15, 0.2) is 82.2 Å². The second-order valence-electron chi connectivity index (χ2n) is 11.8. The van der Waals surface area contributed by atoms with Gasteiger partial charge in [-0.15, -0.1) is 15.3 Å². The molecule has 1 aliphatic carbocycles. The molecule has 3 aromatic rings. The van der Waals surface area contributed by atoms with E-state index in [0.29, 0.717) is 12.1 Å². The first-order chi connectivity index (χ1) is 27.5. The average molecular weight is 966 g/mol. The van der Waals surface area contributed by atoms with Crippen molar-refractivity contribution < 1.29 is 91.7 Å². The number of hydrogen-bond donors (Lipinski definition) is 6. The standard InChI is InChI=1S/C28H31N5O21S6/c1-51-19-14-21(56(37,38)10-8-54-60(48,49)50)20(52-2)13-18(19)31-33-27-23(58(42,43)44)12-15-11-22(57(39,40)41)26(25(29)24(15)28(27)34)32-30-16-3-5-17(6-4-16)55(35,36)9-7-53-59(45,46)47/h3,5,11-14,34H,4,6-10,29H2,1-2H3,(H,39,40,41)(H,42,43,44)(H,45,46,47)(H,48,49,50). The van der Waals surface area contributed by atoms with Gasteiger partial charge in [0.2, 0.25) is 0 Å². The Bertz CT molecular complexity index is 3060. The van der Waals surface area contributed by atoms with E-state index in [2.05, 4.69) is 28.8 Å². The van der Waals surface area contributed by atoms with Crippen LogP contribution in [-0.4, -0.2) is 113 Å². The normalized spacial score (nSPS) is 14.8. The van der Waals surface area contributed by atoms with E-state index in [9.17, 15) is 64.7 Å². The Hall–Kier alpha value is -4.74. The number of anilines is 1. The number of sulfone groups is 2. The van der Waals surface area contributed by atoms with Gasteiger partial charge in [0, 0.05) is 17.0 Å². The molecular weight excluding hydrogens is 935 g/mol. The maximum atomic E-state index is 13.0. The number of phenolic OH excluding ortho intramolecular Hbond substituents is 1. The second-order valence-corrected chi connectivity index (χ2v) is 21.0. The van der Waals surface area contributed by atoms with E-state index in [-0.39, 0.29) is 29.2 Å². The number of nitrogens with two attached hydrogens (primary N) is 1. The summed E-state index contributed by atoms with van der Waals surface area (Å²) in [7, 11) is -27.0. The van der Waals surface area contributed by atoms with Crippen molar-refractivity contribution in [3.63, 3.8) is 0 Å². The fourth-order valence-corrected chi connectivity index (χ4v) is 9.82. The zero-order valence-electron chi connectivity index (χ0n) is 30.3. The summed E-state index contributed by atoms with van der Waals surface area (Å²) in [5.74, 6) is -3.81. The van der Waals surface area contributed by atoms with Crippen molar-refractivity contribution in [3.8, 4) is 17.2 Å². The lowest BCUT2D eigenvalue weighted by Gasteiger charge is -2.15. The Morgan fingerprint density at radius 1 is 0.617 bits per heavy atom. The summed E-state index contributed by atoms with van der Waals surface area (Å²) in [5.41, 5.74) is 3.22. The third-order valence-corrected chi connectivity index (χ3v) is 14.1. The molecule has 26 nitrogen and oxygen atoms in total. The van der Waals surface area contributed by atoms with Gasteiger partial charge in [0.1, 0.15) is 43.2 Å². The van der Waals surface area contributed by atoms with Crippen LogP contribution in [0.5, 0.6) is 17.2 Å². The maximum absolute atomic E-state index is 13.0. The summed E-state index contributed by atoms with van der Waals surface area (Å²) < 4.78 is 200. The SMILES string of the molecule is COc1cc(S(=O)(=O)CCOS(=O)(=O)O)c(OC)cc1N=Nc1c(S(=O)(=O)O)cc2cc(S(=O)(=O)O)c(N=NC3=CC=C(S(=O)(=O)CCOS(=O)(=O)O)CC3)c(N)c2c1O. The number of aromatic hydroxyl groups is 1. The van der Waals surface area contributed by atoms with E-state index < -0.39 is 145 Å². The Morgan fingerprint density at radius 3 is 1.62 bits per heavy atom. The number of allylic oxidation sites excluding steroid dienone is 4. The molecule has 3 aromatic carbocycles. The van der Waals surface area contributed by atoms with Crippen molar-refractivity contribution in [2.75, 3.05) is 44.7 Å². The highest BCUT2D eigenvalue weighted by Crippen LogP contribution is 2.49. The summed E-state index contributed by atoms with van der Waals surface area (Å²) in [5, 5.41) is 25.4. The van der Waals surface area contributed by atoms with Crippen LogP contribution in [-0.2, 0) is 69.1 Å². The van der Waals surface area contributed by atoms with E-state index in [1.54, 1.807) is 0 Å². The molecule has 0 bridgehead atoms. The first-order valence-corrected chi connectivity index (χ1v) is 24.7. The fraction of sp³-hybridized carbons (Fsp3) is 0.286. The van der Waals surface area contributed by atoms with Crippen molar-refractivity contribution in [2.45, 2.75) is 27.5 Å². The van der Waals surface area contributed by atoms with E-state index in [1.165, 1.54) is 0 Å². The van der Waals surface area contributed by atoms with Crippen LogP contribution >= 0.6 is 0 Å². The molecule has 0 fully saturated rings. The summed E-state index contributed by atoms with van der Waals surface area (Å²) >= 11 is 0. The molecule has 0 saturated heterocycles. The monoisotopic (exact) mass is 965 g/mol. The van der Waals surface area contributed by atoms with Gasteiger partial charge in [0.05, 0.1) is 55.7 Å². The number of methoxy groups -OCH3 is 2. The number of nitrogen functional groups attached to an aromatic ring is 1. The zero-order chi connectivity index (χ0) is 45.2. The van der Waals surface area contributed by atoms with E-state index in [4.69, 9.17) is 24.3 Å². The largest absolute Gasteiger partial charge is 0.505 e. The number of phenols is 1. The zero-order valence-corrected chi connectivity index (χ0v) is 35.2. The van der Waals surface area contributed by atoms with Crippen LogP contribution < -0.4 is 15.2 Å². The molecule has 0 atom stereocenters. The van der Waals surface area contributed by atoms with Gasteiger partial charge in [0.15, 0.2) is 25.4 Å². The van der Waals surface area contributed by atoms with Gasteiger partial charge >= 0.3 is 20.8 Å². The highest BCUT2D eigenvalue weighted by Gasteiger charge is 2.29. The number of benzene rings is 3. The highest BCUT2D eigenvalue weighted by molar-refractivity contribution is 7.95. The van der Waals surface area contributed by atoms with Crippen LogP contribution in [0.1, 0.15) is 12.8 Å². The molecule has 0 heterocycles. The number of nitrogens with zero attached hydrogens (tertiary/aromatic N) is 4. The second kappa shape index (κ2) is 17.7. The summed E-state index contributed by atoms with van der Waals surface area (Å²) in [6, 6.07) is 2.99. The number of azo groups is 2. The predicted molar refractivity (Wildman–Crippen MR) is 204 cm³/mol. The smallest absolute Gasteiger partial charge is 0.397 e. The van der Waals surface area contributed by atoms with Crippen LogP contribution in [0.3, 0.4) is 0 Å². The van der Waals surface area contributed by atoms with E-state index in [0.717, 1.165) is 38.5 Å². The highest BCUT2D eigenvalue weighted by atomic mass is 32.3. The lowest BCUT2D eigenvalue weighted by Crippen LogP contribution is -2.17. The van der Waals surface area contributed by atoms with Gasteiger partial charge in [-0.05, 0) is 42.5 Å². The maximum Gasteiger partial charge on any atom is 0.397 e. The predicted octanol–water partition coefficient (Wildman–Crippen LogP) is 2.53. The third kappa shape index (κ3) is 11.8. The Morgan fingerprint density at radius 2 is 1.13 bits per heavy atom. The van der Waals surface area contributed by atoms with Gasteiger partial charge < -0.3 is 20.3 Å². The van der Waals surface area contributed by atoms with Crippen molar-refractivity contribution >= 4 is 94.2 Å². The number of fused-ring (bicyclic) bond motifs is 1. The molecule has 7 N–H and O–H groups in total. The Kier molecular flexibility index (Phi) is 14.1. The minimum atomic E-state index is -5.37. The minimum Gasteiger partial charge on any atom is -0.505 e. The molecule has 330 valence electrons. The Labute approximate surface area is 341 Å². The molecule has 0 spiro atoms. The molecule has 60 heavy (non-hydrogen) atoms. The van der Waals surface area contributed by atoms with Crippen molar-refractivity contribution in [1.82, 2.24) is 0 Å². The number of ether oxygens (including phenoxy) is 2. The topological polar surface area (TPSA) is 418 Å². The summed E-state index contributed by atoms with van der Waals surface area (Å²) in [4.78, 5) is -3.04. The van der Waals surface area contributed by atoms with Crippen molar-refractivity contribution in [1.29, 1.82) is 0 Å². The van der Waals surface area contributed by atoms with Crippen LogP contribution in [0.2, 0.25) is 0 Å². The minimum absolute atomic E-state index is 0.0129. The van der Waals surface area contributed by atoms with Gasteiger partial charge in [-0.3, -0.25) is 18.2 Å².